The number of phenols is 1. The van der Waals surface area contributed by atoms with E-state index in [4.69, 9.17) is 16.3 Å². The van der Waals surface area contributed by atoms with Crippen LogP contribution in [0.15, 0.2) is 72.9 Å². The number of ether oxygens (including phenoxy) is 1. The molecule has 4 aromatic rings. The van der Waals surface area contributed by atoms with Gasteiger partial charge in [0.15, 0.2) is 11.5 Å². The molecule has 0 radical (unpaired) electrons. The highest BCUT2D eigenvalue weighted by molar-refractivity contribution is 6.31. The Balaban J connectivity index is 1.22. The molecule has 4 atom stereocenters. The first kappa shape index (κ1) is 34.8. The number of aryl methyl sites for hydroxylation is 1. The number of aromatic nitrogens is 1. The standard InChI is InChI=1S/C38H42ClN5O6/c1-40-37(48)31(10-6-9-23-7-4-3-5-8-23)42-36(47)30-22-43(35(46)16-25-18-41-32-17-27(39)12-13-28(25)32)19-26-20-44(21-29(26)30)38(49)24-11-14-33(45)34(15-24)50-2/h3-5,7-8,11-15,17-18,26,29-31,41,45H,6,9-10,16,19-22H2,1-2H3,(H,40,48)(H,42,47)/t26?,29?,30?,31-/m0/s1. The lowest BCUT2D eigenvalue weighted by molar-refractivity contribution is -0.140. The Morgan fingerprint density at radius 3 is 2.54 bits per heavy atom. The van der Waals surface area contributed by atoms with Crippen LogP contribution in [0.4, 0.5) is 0 Å². The smallest absolute Gasteiger partial charge is 0.254 e. The third-order valence-corrected chi connectivity index (χ3v) is 10.3. The molecule has 3 aromatic carbocycles. The summed E-state index contributed by atoms with van der Waals surface area (Å²) in [6.45, 7) is 1.22. The molecule has 11 nitrogen and oxygen atoms in total. The highest BCUT2D eigenvalue weighted by atomic mass is 35.5. The number of phenolic OH excluding ortho intramolecular Hbond substituents is 1. The molecule has 3 heterocycles. The molecule has 0 saturated carbocycles. The van der Waals surface area contributed by atoms with Crippen molar-refractivity contribution in [3.63, 3.8) is 0 Å². The number of carbonyl (C=O) groups excluding carboxylic acids is 4. The van der Waals surface area contributed by atoms with Crippen molar-refractivity contribution in [2.75, 3.05) is 40.3 Å². The van der Waals surface area contributed by atoms with Crippen LogP contribution >= 0.6 is 11.6 Å². The number of benzene rings is 3. The zero-order valence-corrected chi connectivity index (χ0v) is 28.9. The van der Waals surface area contributed by atoms with Gasteiger partial charge in [0.1, 0.15) is 6.04 Å². The SMILES string of the molecule is CNC(=O)[C@H](CCCc1ccccc1)NC(=O)C1CN(C(=O)Cc2c[nH]c3cc(Cl)ccc23)CC2CN(C(=O)c3ccc(O)c(OC)c3)CC21. The Morgan fingerprint density at radius 1 is 1.00 bits per heavy atom. The molecule has 4 amide bonds. The largest absolute Gasteiger partial charge is 0.504 e. The number of H-pyrrole nitrogens is 1. The molecule has 262 valence electrons. The Labute approximate surface area is 295 Å². The van der Waals surface area contributed by atoms with Gasteiger partial charge in [0.05, 0.1) is 19.4 Å². The molecule has 2 aliphatic heterocycles. The number of likely N-dealkylation sites (tertiary alicyclic amines) is 2. The molecule has 0 aliphatic carbocycles. The first-order chi connectivity index (χ1) is 24.1. The number of hydrogen-bond acceptors (Lipinski definition) is 6. The number of aromatic amines is 1. The highest BCUT2D eigenvalue weighted by Crippen LogP contribution is 2.37. The average Bonchev–Trinajstić information content (AvgIpc) is 3.74. The third-order valence-electron chi connectivity index (χ3n) is 10.0. The van der Waals surface area contributed by atoms with Gasteiger partial charge >= 0.3 is 0 Å². The maximum absolute atomic E-state index is 14.2. The summed E-state index contributed by atoms with van der Waals surface area (Å²) in [5, 5.41) is 17.3. The average molecular weight is 700 g/mol. The van der Waals surface area contributed by atoms with Crippen molar-refractivity contribution in [3.05, 3.63) is 94.6 Å². The molecule has 2 aliphatic rings. The fraction of sp³-hybridized carbons (Fsp3) is 0.368. The van der Waals surface area contributed by atoms with Crippen molar-refractivity contribution in [1.29, 1.82) is 0 Å². The number of carbonyl (C=O) groups is 4. The molecule has 0 spiro atoms. The summed E-state index contributed by atoms with van der Waals surface area (Å²) >= 11 is 6.17. The van der Waals surface area contributed by atoms with E-state index in [0.29, 0.717) is 43.1 Å². The summed E-state index contributed by atoms with van der Waals surface area (Å²) in [5.41, 5.74) is 3.16. The number of hydrogen-bond donors (Lipinski definition) is 4. The molecule has 1 aromatic heterocycles. The van der Waals surface area contributed by atoms with Gasteiger partial charge in [-0.25, -0.2) is 0 Å². The minimum absolute atomic E-state index is 0.0715. The molecule has 0 bridgehead atoms. The van der Waals surface area contributed by atoms with E-state index in [0.717, 1.165) is 28.5 Å². The lowest BCUT2D eigenvalue weighted by Crippen LogP contribution is -2.56. The highest BCUT2D eigenvalue weighted by Gasteiger charge is 2.48. The Hall–Kier alpha value is -5.03. The first-order valence-corrected chi connectivity index (χ1v) is 17.3. The minimum atomic E-state index is -0.748. The van der Waals surface area contributed by atoms with Crippen LogP contribution in [0.2, 0.25) is 5.02 Å². The molecule has 12 heteroatoms. The van der Waals surface area contributed by atoms with E-state index < -0.39 is 12.0 Å². The topological polar surface area (TPSA) is 144 Å². The molecular weight excluding hydrogens is 658 g/mol. The summed E-state index contributed by atoms with van der Waals surface area (Å²) in [4.78, 5) is 61.4. The molecule has 2 fully saturated rings. The monoisotopic (exact) mass is 699 g/mol. The van der Waals surface area contributed by atoms with Crippen LogP contribution in [-0.2, 0) is 27.2 Å². The number of halogens is 1. The van der Waals surface area contributed by atoms with Gasteiger partial charge in [-0.3, -0.25) is 19.2 Å². The van der Waals surface area contributed by atoms with Crippen molar-refractivity contribution < 1.29 is 29.0 Å². The number of piperidine rings is 1. The van der Waals surface area contributed by atoms with Gasteiger partial charge in [0.25, 0.3) is 5.91 Å². The van der Waals surface area contributed by atoms with E-state index >= 15 is 0 Å². The van der Waals surface area contributed by atoms with Crippen molar-refractivity contribution in [3.8, 4) is 11.5 Å². The second-order valence-electron chi connectivity index (χ2n) is 13.2. The molecular formula is C38H42ClN5O6. The number of aromatic hydroxyl groups is 1. The summed E-state index contributed by atoms with van der Waals surface area (Å²) in [5.74, 6) is -1.90. The van der Waals surface area contributed by atoms with Crippen LogP contribution < -0.4 is 15.4 Å². The van der Waals surface area contributed by atoms with Gasteiger partial charge in [0.2, 0.25) is 17.7 Å². The van der Waals surface area contributed by atoms with Crippen molar-refractivity contribution >= 4 is 46.1 Å². The Kier molecular flexibility index (Phi) is 10.6. The first-order valence-electron chi connectivity index (χ1n) is 16.9. The Bertz CT molecular complexity index is 1880. The second-order valence-corrected chi connectivity index (χ2v) is 13.6. The van der Waals surface area contributed by atoms with E-state index in [2.05, 4.69) is 15.6 Å². The number of fused-ring (bicyclic) bond motifs is 2. The van der Waals surface area contributed by atoms with E-state index in [1.165, 1.54) is 19.2 Å². The van der Waals surface area contributed by atoms with Gasteiger partial charge in [-0.15, -0.1) is 0 Å². The fourth-order valence-corrected chi connectivity index (χ4v) is 7.54. The Morgan fingerprint density at radius 2 is 1.78 bits per heavy atom. The number of nitrogens with one attached hydrogen (secondary N) is 3. The van der Waals surface area contributed by atoms with E-state index in [-0.39, 0.29) is 59.9 Å². The molecule has 2 saturated heterocycles. The second kappa shape index (κ2) is 15.2. The number of rotatable bonds is 11. The summed E-state index contributed by atoms with van der Waals surface area (Å²) < 4.78 is 5.22. The van der Waals surface area contributed by atoms with Gasteiger partial charge < -0.3 is 35.3 Å². The fourth-order valence-electron chi connectivity index (χ4n) is 7.37. The van der Waals surface area contributed by atoms with Crippen LogP contribution in [-0.4, -0.2) is 89.9 Å². The van der Waals surface area contributed by atoms with Gasteiger partial charge in [-0.05, 0) is 72.6 Å². The maximum Gasteiger partial charge on any atom is 0.254 e. The van der Waals surface area contributed by atoms with E-state index in [1.54, 1.807) is 35.2 Å². The number of likely N-dealkylation sites (N-methyl/N-ethyl adjacent to an activating group) is 1. The van der Waals surface area contributed by atoms with Crippen molar-refractivity contribution in [2.45, 2.75) is 31.7 Å². The van der Waals surface area contributed by atoms with Crippen LogP contribution in [0.1, 0.15) is 34.3 Å². The predicted octanol–water partition coefficient (Wildman–Crippen LogP) is 4.18. The van der Waals surface area contributed by atoms with Crippen LogP contribution in [0.5, 0.6) is 11.5 Å². The summed E-state index contributed by atoms with van der Waals surface area (Å²) in [7, 11) is 2.97. The normalized spacial score (nSPS) is 19.1. The molecule has 50 heavy (non-hydrogen) atoms. The lowest BCUT2D eigenvalue weighted by atomic mass is 9.79. The van der Waals surface area contributed by atoms with Crippen molar-refractivity contribution in [1.82, 2.24) is 25.4 Å². The lowest BCUT2D eigenvalue weighted by Gasteiger charge is -2.40. The number of methoxy groups -OCH3 is 1. The van der Waals surface area contributed by atoms with Crippen LogP contribution in [0, 0.1) is 17.8 Å². The number of nitrogens with zero attached hydrogens (tertiary/aromatic N) is 2. The summed E-state index contributed by atoms with van der Waals surface area (Å²) in [6.07, 6.45) is 3.84. The van der Waals surface area contributed by atoms with Crippen LogP contribution in [0.3, 0.4) is 0 Å². The third kappa shape index (κ3) is 7.57. The zero-order chi connectivity index (χ0) is 35.4. The molecule has 4 N–H and O–H groups in total. The van der Waals surface area contributed by atoms with Gasteiger partial charge in [0, 0.05) is 60.9 Å². The quantitative estimate of drug-likeness (QED) is 0.185. The molecule has 3 unspecified atom stereocenters. The van der Waals surface area contributed by atoms with E-state index in [9.17, 15) is 24.3 Å². The molecule has 6 rings (SSSR count). The maximum atomic E-state index is 14.2. The number of amides is 4. The van der Waals surface area contributed by atoms with Gasteiger partial charge in [-0.1, -0.05) is 48.0 Å². The predicted molar refractivity (Wildman–Crippen MR) is 190 cm³/mol. The zero-order valence-electron chi connectivity index (χ0n) is 28.2. The van der Waals surface area contributed by atoms with Crippen molar-refractivity contribution in [2.24, 2.45) is 17.8 Å². The van der Waals surface area contributed by atoms with Gasteiger partial charge in [-0.2, -0.15) is 0 Å². The van der Waals surface area contributed by atoms with E-state index in [1.807, 2.05) is 42.5 Å². The summed E-state index contributed by atoms with van der Waals surface area (Å²) in [6, 6.07) is 19.2. The minimum Gasteiger partial charge on any atom is -0.504 e. The van der Waals surface area contributed by atoms with Crippen LogP contribution in [0.25, 0.3) is 10.9 Å².